The third kappa shape index (κ3) is 4.94. The van der Waals surface area contributed by atoms with Crippen molar-refractivity contribution in [3.63, 3.8) is 0 Å². The molecule has 12 aromatic rings. The Labute approximate surface area is 381 Å². The second-order valence-electron chi connectivity index (χ2n) is 18.3. The summed E-state index contributed by atoms with van der Waals surface area (Å²) < 4.78 is 9.45. The van der Waals surface area contributed by atoms with E-state index in [0.29, 0.717) is 0 Å². The van der Waals surface area contributed by atoms with E-state index in [2.05, 4.69) is 231 Å². The summed E-state index contributed by atoms with van der Waals surface area (Å²) >= 11 is 1.89. The maximum absolute atomic E-state index is 6.92. The first-order valence-electron chi connectivity index (χ1n) is 22.6. The lowest BCUT2D eigenvalue weighted by Gasteiger charge is -2.36. The van der Waals surface area contributed by atoms with Crippen LogP contribution < -0.4 is 4.90 Å². The number of hydrogen-bond acceptors (Lipinski definition) is 3. The van der Waals surface area contributed by atoms with Gasteiger partial charge in [0.05, 0.1) is 11.1 Å². The molecule has 2 nitrogen and oxygen atoms in total. The van der Waals surface area contributed by atoms with Crippen LogP contribution in [0.2, 0.25) is 0 Å². The maximum Gasteiger partial charge on any atom is 0.145 e. The maximum atomic E-state index is 6.92. The molecule has 306 valence electrons. The van der Waals surface area contributed by atoms with Gasteiger partial charge in [-0.25, -0.2) is 0 Å². The molecule has 0 amide bonds. The van der Waals surface area contributed by atoms with Crippen molar-refractivity contribution in [3.8, 4) is 22.3 Å². The second kappa shape index (κ2) is 13.4. The third-order valence-corrected chi connectivity index (χ3v) is 15.8. The molecule has 0 saturated heterocycles. The molecule has 2 heterocycles. The van der Waals surface area contributed by atoms with Gasteiger partial charge in [0.1, 0.15) is 11.2 Å². The van der Waals surface area contributed by atoms with E-state index in [9.17, 15) is 0 Å². The molecule has 0 aliphatic heterocycles. The molecule has 0 spiro atoms. The zero-order valence-electron chi connectivity index (χ0n) is 36.0. The van der Waals surface area contributed by atoms with Crippen molar-refractivity contribution < 1.29 is 4.42 Å². The summed E-state index contributed by atoms with van der Waals surface area (Å²) in [5.74, 6) is 0. The number of anilines is 3. The molecule has 0 unspecified atom stereocenters. The minimum Gasteiger partial charge on any atom is -0.455 e. The van der Waals surface area contributed by atoms with E-state index in [-0.39, 0.29) is 5.41 Å². The van der Waals surface area contributed by atoms with Gasteiger partial charge in [0.2, 0.25) is 0 Å². The van der Waals surface area contributed by atoms with Crippen LogP contribution in [0.4, 0.5) is 17.1 Å². The number of nitrogens with zero attached hydrogens (tertiary/aromatic N) is 1. The number of hydrogen-bond donors (Lipinski definition) is 0. The number of benzene rings is 10. The van der Waals surface area contributed by atoms with Gasteiger partial charge < -0.3 is 9.32 Å². The monoisotopic (exact) mass is 847 g/mol. The van der Waals surface area contributed by atoms with Gasteiger partial charge in [-0.05, 0) is 110 Å². The van der Waals surface area contributed by atoms with E-state index in [1.165, 1.54) is 75.8 Å². The van der Waals surface area contributed by atoms with Gasteiger partial charge in [-0.3, -0.25) is 0 Å². The van der Waals surface area contributed by atoms with Gasteiger partial charge in [-0.15, -0.1) is 11.3 Å². The molecule has 0 saturated carbocycles. The molecule has 10 aromatic carbocycles. The largest absolute Gasteiger partial charge is 0.455 e. The minimum absolute atomic E-state index is 0.187. The van der Waals surface area contributed by atoms with Crippen LogP contribution in [0.5, 0.6) is 0 Å². The predicted octanol–water partition coefficient (Wildman–Crippen LogP) is 17.2. The van der Waals surface area contributed by atoms with Crippen LogP contribution in [0.3, 0.4) is 0 Å². The van der Waals surface area contributed by atoms with E-state index < -0.39 is 5.41 Å². The molecule has 2 aliphatic rings. The molecule has 2 aliphatic carbocycles. The molecular weight excluding hydrogens is 807 g/mol. The Kier molecular flexibility index (Phi) is 7.57. The lowest BCUT2D eigenvalue weighted by molar-refractivity contribution is 0.660. The zero-order valence-corrected chi connectivity index (χ0v) is 36.8. The van der Waals surface area contributed by atoms with E-state index in [1.54, 1.807) is 0 Å². The molecule has 2 aromatic heterocycles. The zero-order chi connectivity index (χ0) is 43.0. The summed E-state index contributed by atoms with van der Waals surface area (Å²) in [5.41, 5.74) is 17.3. The summed E-state index contributed by atoms with van der Waals surface area (Å²) in [4.78, 5) is 2.53. The molecular formula is C62H41NOS. The van der Waals surface area contributed by atoms with Crippen molar-refractivity contribution in [1.82, 2.24) is 0 Å². The van der Waals surface area contributed by atoms with Crippen LogP contribution in [-0.2, 0) is 10.8 Å². The highest BCUT2D eigenvalue weighted by molar-refractivity contribution is 7.25. The fraction of sp³-hybridized carbons (Fsp3) is 0.0645. The Morgan fingerprint density at radius 2 is 1.05 bits per heavy atom. The number of fused-ring (bicyclic) bond motifs is 14. The number of thiophene rings is 1. The van der Waals surface area contributed by atoms with E-state index >= 15 is 0 Å². The van der Waals surface area contributed by atoms with Crippen molar-refractivity contribution in [2.45, 2.75) is 24.7 Å². The Morgan fingerprint density at radius 1 is 0.415 bits per heavy atom. The van der Waals surface area contributed by atoms with E-state index in [4.69, 9.17) is 4.42 Å². The number of para-hydroxylation sites is 1. The van der Waals surface area contributed by atoms with Gasteiger partial charge in [-0.1, -0.05) is 178 Å². The summed E-state index contributed by atoms with van der Waals surface area (Å²) in [5, 5.41) is 7.05. The van der Waals surface area contributed by atoms with Gasteiger partial charge in [0.25, 0.3) is 0 Å². The molecule has 0 atom stereocenters. The Morgan fingerprint density at radius 3 is 1.83 bits per heavy atom. The Bertz CT molecular complexity index is 3900. The van der Waals surface area contributed by atoms with Gasteiger partial charge in [-0.2, -0.15) is 0 Å². The SMILES string of the molecule is CC1(C)c2ccccc2-c2ccc(N(c3cc(C4(c5ccccc5)c5ccccc5-c5ccccc54)c4c(c3)sc3ccccc34)c3cccc4ccc5c6ccccc6oc5c34)cc21. The molecule has 0 N–H and O–H groups in total. The topological polar surface area (TPSA) is 16.4 Å². The first kappa shape index (κ1) is 36.7. The van der Waals surface area contributed by atoms with Crippen LogP contribution in [-0.4, -0.2) is 0 Å². The summed E-state index contributed by atoms with van der Waals surface area (Å²) in [6, 6.07) is 79.2. The molecule has 14 rings (SSSR count). The normalized spacial score (nSPS) is 14.2. The Balaban J connectivity index is 1.15. The lowest BCUT2D eigenvalue weighted by Crippen LogP contribution is -2.29. The second-order valence-corrected chi connectivity index (χ2v) is 19.4. The average molecular weight is 848 g/mol. The van der Waals surface area contributed by atoms with Gasteiger partial charge >= 0.3 is 0 Å². The lowest BCUT2D eigenvalue weighted by atomic mass is 9.66. The smallest absolute Gasteiger partial charge is 0.145 e. The quantitative estimate of drug-likeness (QED) is 0.172. The third-order valence-electron chi connectivity index (χ3n) is 14.7. The fourth-order valence-corrected chi connectivity index (χ4v) is 13.1. The van der Waals surface area contributed by atoms with Gasteiger partial charge in [0, 0.05) is 53.1 Å². The molecule has 65 heavy (non-hydrogen) atoms. The number of rotatable bonds is 5. The van der Waals surface area contributed by atoms with Crippen molar-refractivity contribution in [2.24, 2.45) is 0 Å². The molecule has 0 fully saturated rings. The summed E-state index contributed by atoms with van der Waals surface area (Å²) in [6.45, 7) is 4.75. The van der Waals surface area contributed by atoms with Crippen LogP contribution >= 0.6 is 11.3 Å². The first-order valence-corrected chi connectivity index (χ1v) is 23.4. The van der Waals surface area contributed by atoms with E-state index in [0.717, 1.165) is 49.8 Å². The Hall–Kier alpha value is -7.72. The van der Waals surface area contributed by atoms with E-state index in [1.807, 2.05) is 11.3 Å². The molecule has 0 radical (unpaired) electrons. The van der Waals surface area contributed by atoms with Crippen molar-refractivity contribution in [1.29, 1.82) is 0 Å². The van der Waals surface area contributed by atoms with Crippen molar-refractivity contribution in [3.05, 3.63) is 246 Å². The first-order chi connectivity index (χ1) is 32.0. The van der Waals surface area contributed by atoms with Crippen LogP contribution in [0.1, 0.15) is 47.2 Å². The summed E-state index contributed by atoms with van der Waals surface area (Å²) in [6.07, 6.45) is 0. The number of furan rings is 1. The molecule has 0 bridgehead atoms. The van der Waals surface area contributed by atoms with Crippen LogP contribution in [0.15, 0.2) is 217 Å². The fourth-order valence-electron chi connectivity index (χ4n) is 11.9. The standard InChI is InChI=1S/C62H41NOS/c1-61(2)49-25-11-6-20-42(49)45-34-32-40(35-52(45)61)63(54-28-16-17-38-31-33-47-46-23-9-14-29-55(46)64-60(47)58(38)54)41-36-53(59-48-24-10-15-30-56(48)65-57(59)37-41)62(39-18-4-3-5-19-39)50-26-12-7-21-43(50)44-22-8-13-27-51(44)62/h3-37H,1-2H3. The minimum atomic E-state index is -0.620. The van der Waals surface area contributed by atoms with Crippen LogP contribution in [0, 0.1) is 0 Å². The van der Waals surface area contributed by atoms with Crippen molar-refractivity contribution >= 4 is 81.3 Å². The highest BCUT2D eigenvalue weighted by Gasteiger charge is 2.47. The highest BCUT2D eigenvalue weighted by Crippen LogP contribution is 2.60. The predicted molar refractivity (Wildman–Crippen MR) is 274 cm³/mol. The van der Waals surface area contributed by atoms with Crippen molar-refractivity contribution in [2.75, 3.05) is 4.90 Å². The molecule has 3 heteroatoms. The summed E-state index contributed by atoms with van der Waals surface area (Å²) in [7, 11) is 0. The van der Waals surface area contributed by atoms with Crippen LogP contribution in [0.25, 0.3) is 75.1 Å². The average Bonchev–Trinajstić information content (AvgIpc) is 4.08. The highest BCUT2D eigenvalue weighted by atomic mass is 32.1. The van der Waals surface area contributed by atoms with Gasteiger partial charge in [0.15, 0.2) is 0 Å².